The van der Waals surface area contributed by atoms with Crippen LogP contribution in [0.1, 0.15) is 104 Å². The van der Waals surface area contributed by atoms with E-state index in [2.05, 4.69) is 25.7 Å². The normalized spacial score (nSPS) is 8.85. The summed E-state index contributed by atoms with van der Waals surface area (Å²) in [5.74, 6) is 6.66. The standard InChI is InChI=1S/C18H34.2CH2O3/c1-3-5-7-9-11-13-15-17-18-16-14-12-10-8-6-4-2;2*2-1(3)4/h3-16H2,1-2H3;2*(H2,2,3,4). The minimum Gasteiger partial charge on any atom is -0.450 e. The molecule has 0 unspecified atom stereocenters. The summed E-state index contributed by atoms with van der Waals surface area (Å²) in [5, 5.41) is 27.9. The van der Waals surface area contributed by atoms with Gasteiger partial charge in [-0.25, -0.2) is 9.59 Å². The van der Waals surface area contributed by atoms with Gasteiger partial charge in [-0.15, -0.1) is 11.8 Å². The first-order valence-corrected chi connectivity index (χ1v) is 9.67. The summed E-state index contributed by atoms with van der Waals surface area (Å²) >= 11 is 0. The average molecular weight is 375 g/mol. The van der Waals surface area contributed by atoms with Crippen LogP contribution in [0.3, 0.4) is 0 Å². The van der Waals surface area contributed by atoms with E-state index in [0.29, 0.717) is 0 Å². The molecule has 6 nitrogen and oxygen atoms in total. The van der Waals surface area contributed by atoms with Crippen LogP contribution < -0.4 is 0 Å². The van der Waals surface area contributed by atoms with Crippen molar-refractivity contribution in [2.45, 2.75) is 104 Å². The van der Waals surface area contributed by atoms with Crippen molar-refractivity contribution in [1.82, 2.24) is 0 Å². The molecule has 0 aromatic rings. The van der Waals surface area contributed by atoms with E-state index in [1.54, 1.807) is 0 Å². The molecule has 0 amide bonds. The molecule has 0 radical (unpaired) electrons. The minimum absolute atomic E-state index is 1.13. The zero-order valence-electron chi connectivity index (χ0n) is 16.5. The Morgan fingerprint density at radius 2 is 0.769 bits per heavy atom. The quantitative estimate of drug-likeness (QED) is 0.217. The van der Waals surface area contributed by atoms with Gasteiger partial charge in [0.25, 0.3) is 0 Å². The molecule has 0 atom stereocenters. The molecule has 4 N–H and O–H groups in total. The SMILES string of the molecule is CCCCCCCCC#CCCCCCCCC.O=C(O)O.O=C(O)O. The molecule has 0 rings (SSSR count). The zero-order valence-corrected chi connectivity index (χ0v) is 16.5. The number of carbonyl (C=O) groups is 2. The highest BCUT2D eigenvalue weighted by molar-refractivity contribution is 5.53. The Morgan fingerprint density at radius 3 is 1.04 bits per heavy atom. The second kappa shape index (κ2) is 27.9. The van der Waals surface area contributed by atoms with Crippen LogP contribution in [0, 0.1) is 11.8 Å². The predicted molar refractivity (Wildman–Crippen MR) is 105 cm³/mol. The third-order valence-corrected chi connectivity index (χ3v) is 3.44. The Kier molecular flexibility index (Phi) is 31.0. The highest BCUT2D eigenvalue weighted by Crippen LogP contribution is 2.07. The van der Waals surface area contributed by atoms with Crippen LogP contribution in [0.25, 0.3) is 0 Å². The smallest absolute Gasteiger partial charge is 0.450 e. The Morgan fingerprint density at radius 1 is 0.538 bits per heavy atom. The first-order valence-electron chi connectivity index (χ1n) is 9.67. The fourth-order valence-corrected chi connectivity index (χ4v) is 2.16. The van der Waals surface area contributed by atoms with Crippen molar-refractivity contribution < 1.29 is 30.0 Å². The van der Waals surface area contributed by atoms with Gasteiger partial charge in [0.15, 0.2) is 0 Å². The lowest BCUT2D eigenvalue weighted by molar-refractivity contribution is 0.135. The number of unbranched alkanes of at least 4 members (excludes halogenated alkanes) is 12. The molecule has 0 aliphatic heterocycles. The fraction of sp³-hybridized carbons (Fsp3) is 0.800. The van der Waals surface area contributed by atoms with Gasteiger partial charge >= 0.3 is 12.3 Å². The van der Waals surface area contributed by atoms with E-state index < -0.39 is 12.3 Å². The maximum atomic E-state index is 8.56. The fourth-order valence-electron chi connectivity index (χ4n) is 2.16. The van der Waals surface area contributed by atoms with Gasteiger partial charge in [-0.1, -0.05) is 78.1 Å². The number of hydrogen-bond acceptors (Lipinski definition) is 2. The van der Waals surface area contributed by atoms with Gasteiger partial charge in [0, 0.05) is 12.8 Å². The van der Waals surface area contributed by atoms with Crippen LogP contribution in [0.15, 0.2) is 0 Å². The second-order valence-electron chi connectivity index (χ2n) is 5.95. The molecule has 0 spiro atoms. The van der Waals surface area contributed by atoms with Gasteiger partial charge in [0.05, 0.1) is 0 Å². The van der Waals surface area contributed by atoms with Gasteiger partial charge in [-0.3, -0.25) is 0 Å². The van der Waals surface area contributed by atoms with Crippen molar-refractivity contribution in [1.29, 1.82) is 0 Å². The lowest BCUT2D eigenvalue weighted by atomic mass is 10.1. The summed E-state index contributed by atoms with van der Waals surface area (Å²) in [5.41, 5.74) is 0. The average Bonchev–Trinajstić information content (AvgIpc) is 2.54. The van der Waals surface area contributed by atoms with Crippen molar-refractivity contribution in [2.75, 3.05) is 0 Å². The van der Waals surface area contributed by atoms with E-state index in [4.69, 9.17) is 30.0 Å². The van der Waals surface area contributed by atoms with E-state index in [1.165, 1.54) is 77.0 Å². The van der Waals surface area contributed by atoms with Gasteiger partial charge < -0.3 is 20.4 Å². The van der Waals surface area contributed by atoms with E-state index in [9.17, 15) is 0 Å². The summed E-state index contributed by atoms with van der Waals surface area (Å²) in [4.78, 5) is 17.1. The first kappa shape index (κ1) is 28.9. The molecule has 154 valence electrons. The molecular weight excluding hydrogens is 336 g/mol. The lowest BCUT2D eigenvalue weighted by Crippen LogP contribution is -1.81. The third-order valence-electron chi connectivity index (χ3n) is 3.44. The summed E-state index contributed by atoms with van der Waals surface area (Å²) < 4.78 is 0. The molecule has 0 heterocycles. The highest BCUT2D eigenvalue weighted by atomic mass is 16.6. The van der Waals surface area contributed by atoms with Crippen LogP contribution in [0.5, 0.6) is 0 Å². The van der Waals surface area contributed by atoms with Crippen LogP contribution in [-0.2, 0) is 0 Å². The monoisotopic (exact) mass is 374 g/mol. The minimum atomic E-state index is -1.83. The second-order valence-corrected chi connectivity index (χ2v) is 5.95. The third kappa shape index (κ3) is 57.3. The topological polar surface area (TPSA) is 115 Å². The largest absolute Gasteiger partial charge is 0.503 e. The van der Waals surface area contributed by atoms with Crippen LogP contribution >= 0.6 is 0 Å². The van der Waals surface area contributed by atoms with Gasteiger partial charge in [0.2, 0.25) is 0 Å². The van der Waals surface area contributed by atoms with E-state index in [0.717, 1.165) is 12.8 Å². The van der Waals surface area contributed by atoms with E-state index in [-0.39, 0.29) is 0 Å². The Labute approximate surface area is 158 Å². The van der Waals surface area contributed by atoms with Crippen LogP contribution in [0.4, 0.5) is 9.59 Å². The summed E-state index contributed by atoms with van der Waals surface area (Å²) in [6.07, 6.45) is 15.1. The molecular formula is C20H38O6. The van der Waals surface area contributed by atoms with Crippen molar-refractivity contribution >= 4 is 12.3 Å². The van der Waals surface area contributed by atoms with E-state index in [1.807, 2.05) is 0 Å². The Bertz CT molecular complexity index is 317. The predicted octanol–water partition coefficient (Wildman–Crippen LogP) is 6.94. The van der Waals surface area contributed by atoms with E-state index >= 15 is 0 Å². The first-order chi connectivity index (χ1) is 12.4. The molecule has 0 aromatic heterocycles. The molecule has 0 bridgehead atoms. The molecule has 0 saturated heterocycles. The maximum absolute atomic E-state index is 8.56. The highest BCUT2D eigenvalue weighted by Gasteiger charge is 1.89. The maximum Gasteiger partial charge on any atom is 0.503 e. The zero-order chi connectivity index (χ0) is 20.5. The summed E-state index contributed by atoms with van der Waals surface area (Å²) in [7, 11) is 0. The Hall–Kier alpha value is -1.90. The molecule has 26 heavy (non-hydrogen) atoms. The van der Waals surface area contributed by atoms with Crippen molar-refractivity contribution in [3.05, 3.63) is 0 Å². The van der Waals surface area contributed by atoms with Gasteiger partial charge in [-0.05, 0) is 12.8 Å². The summed E-state index contributed by atoms with van der Waals surface area (Å²) in [6, 6.07) is 0. The van der Waals surface area contributed by atoms with Crippen molar-refractivity contribution in [2.24, 2.45) is 0 Å². The number of hydrogen-bond donors (Lipinski definition) is 4. The number of carboxylic acid groups (broad SMARTS) is 4. The van der Waals surface area contributed by atoms with Gasteiger partial charge in [-0.2, -0.15) is 0 Å². The molecule has 0 fully saturated rings. The van der Waals surface area contributed by atoms with Crippen molar-refractivity contribution in [3.8, 4) is 11.8 Å². The van der Waals surface area contributed by atoms with Gasteiger partial charge in [0.1, 0.15) is 0 Å². The molecule has 0 aliphatic rings. The Balaban J connectivity index is -0.000000551. The number of rotatable bonds is 12. The molecule has 6 heteroatoms. The van der Waals surface area contributed by atoms with Crippen molar-refractivity contribution in [3.63, 3.8) is 0 Å². The lowest BCUT2D eigenvalue weighted by Gasteiger charge is -1.97. The van der Waals surface area contributed by atoms with Crippen LogP contribution in [-0.4, -0.2) is 32.7 Å². The molecule has 0 aliphatic carbocycles. The molecule has 0 aromatic carbocycles. The summed E-state index contributed by atoms with van der Waals surface area (Å²) in [6.45, 7) is 4.54. The van der Waals surface area contributed by atoms with Crippen LogP contribution in [0.2, 0.25) is 0 Å². The molecule has 0 saturated carbocycles.